The highest BCUT2D eigenvalue weighted by atomic mass is 32.2. The molecule has 0 unspecified atom stereocenters. The van der Waals surface area contributed by atoms with Gasteiger partial charge in [-0.2, -0.15) is 5.26 Å². The molecule has 0 aliphatic heterocycles. The topological polar surface area (TPSA) is 87.5 Å². The summed E-state index contributed by atoms with van der Waals surface area (Å²) < 4.78 is 17.0. The highest BCUT2D eigenvalue weighted by Gasteiger charge is 2.20. The van der Waals surface area contributed by atoms with E-state index in [1.807, 2.05) is 38.1 Å². The largest absolute Gasteiger partial charge is 0.452 e. The number of aryl methyl sites for hydroxylation is 2. The third-order valence-electron chi connectivity index (χ3n) is 4.01. The summed E-state index contributed by atoms with van der Waals surface area (Å²) in [7, 11) is -1.36. The molecule has 28 heavy (non-hydrogen) atoms. The van der Waals surface area contributed by atoms with E-state index < -0.39 is 29.3 Å². The molecule has 0 radical (unpaired) electrons. The van der Waals surface area contributed by atoms with Crippen LogP contribution in [0.15, 0.2) is 47.4 Å². The maximum absolute atomic E-state index is 12.7. The molecule has 2 rings (SSSR count). The molecule has 146 valence electrons. The Kier molecular flexibility index (Phi) is 7.47. The van der Waals surface area contributed by atoms with Gasteiger partial charge in [-0.1, -0.05) is 18.2 Å². The first-order valence-corrected chi connectivity index (χ1v) is 10.2. The maximum atomic E-state index is 12.7. The predicted octanol–water partition coefficient (Wildman–Crippen LogP) is 3.14. The lowest BCUT2D eigenvalue weighted by molar-refractivity contribution is -0.121. The smallest absolute Gasteiger partial charge is 0.339 e. The average Bonchev–Trinajstić information content (AvgIpc) is 2.65. The third-order valence-corrected chi connectivity index (χ3v) is 4.99. The predicted molar refractivity (Wildman–Crippen MR) is 108 cm³/mol. The number of anilines is 1. The Balaban J connectivity index is 2.17. The summed E-state index contributed by atoms with van der Waals surface area (Å²) in [6.45, 7) is 3.57. The molecule has 0 bridgehead atoms. The minimum absolute atomic E-state index is 0.157. The lowest BCUT2D eigenvalue weighted by Crippen LogP contribution is -2.35. The van der Waals surface area contributed by atoms with Gasteiger partial charge in [-0.05, 0) is 49.2 Å². The van der Waals surface area contributed by atoms with Gasteiger partial charge < -0.3 is 9.64 Å². The van der Waals surface area contributed by atoms with E-state index in [9.17, 15) is 13.8 Å². The molecule has 0 aliphatic rings. The molecule has 0 aliphatic carbocycles. The molecular weight excluding hydrogens is 376 g/mol. The van der Waals surface area contributed by atoms with Crippen LogP contribution in [0, 0.1) is 25.2 Å². The van der Waals surface area contributed by atoms with Crippen LogP contribution in [0.1, 0.15) is 27.9 Å². The van der Waals surface area contributed by atoms with Crippen molar-refractivity contribution in [3.05, 3.63) is 59.2 Å². The molecule has 0 saturated carbocycles. The number of rotatable bonds is 7. The Hall–Kier alpha value is -2.98. The summed E-state index contributed by atoms with van der Waals surface area (Å²) in [5.74, 6) is -1.14. The monoisotopic (exact) mass is 398 g/mol. The lowest BCUT2D eigenvalue weighted by Gasteiger charge is -2.22. The van der Waals surface area contributed by atoms with Gasteiger partial charge in [0.15, 0.2) is 6.61 Å². The summed E-state index contributed by atoms with van der Waals surface area (Å²) in [5, 5.41) is 8.90. The van der Waals surface area contributed by atoms with E-state index in [2.05, 4.69) is 0 Å². The number of carbonyl (C=O) groups is 2. The van der Waals surface area contributed by atoms with Crippen LogP contribution in [0.25, 0.3) is 0 Å². The summed E-state index contributed by atoms with van der Waals surface area (Å²) >= 11 is 0. The minimum atomic E-state index is -1.36. The third kappa shape index (κ3) is 5.51. The van der Waals surface area contributed by atoms with Crippen molar-refractivity contribution >= 4 is 28.4 Å². The quantitative estimate of drug-likeness (QED) is 0.669. The number of carbonyl (C=O) groups excluding carboxylic acids is 2. The zero-order valence-corrected chi connectivity index (χ0v) is 16.9. The fraction of sp³-hybridized carbons (Fsp3) is 0.286. The first kappa shape index (κ1) is 21.3. The first-order valence-electron chi connectivity index (χ1n) is 8.68. The second-order valence-electron chi connectivity index (χ2n) is 6.33. The van der Waals surface area contributed by atoms with E-state index in [-0.39, 0.29) is 18.5 Å². The van der Waals surface area contributed by atoms with Gasteiger partial charge in [0.25, 0.3) is 5.91 Å². The minimum Gasteiger partial charge on any atom is -0.452 e. The standard InChI is InChI=1S/C21H22N2O4S/c1-15-11-16(2)13-17(12-15)23(10-6-9-22)20(24)14-27-21(25)18-7-4-5-8-19(18)28(3)26/h4-5,7-8,11-13H,6,10,14H2,1-3H3/t28-/m0/s1. The van der Waals surface area contributed by atoms with Crippen molar-refractivity contribution < 1.29 is 18.5 Å². The van der Waals surface area contributed by atoms with E-state index in [4.69, 9.17) is 10.00 Å². The molecule has 0 N–H and O–H groups in total. The van der Waals surface area contributed by atoms with E-state index in [0.717, 1.165) is 11.1 Å². The Morgan fingerprint density at radius 1 is 1.14 bits per heavy atom. The summed E-state index contributed by atoms with van der Waals surface area (Å²) in [6.07, 6.45) is 1.63. The molecule has 0 saturated heterocycles. The maximum Gasteiger partial charge on any atom is 0.339 e. The Morgan fingerprint density at radius 2 is 1.79 bits per heavy atom. The summed E-state index contributed by atoms with van der Waals surface area (Å²) in [5.41, 5.74) is 2.80. The number of esters is 1. The number of benzene rings is 2. The summed E-state index contributed by atoms with van der Waals surface area (Å²) in [4.78, 5) is 26.9. The van der Waals surface area contributed by atoms with Crippen LogP contribution >= 0.6 is 0 Å². The van der Waals surface area contributed by atoms with Crippen LogP contribution in [-0.4, -0.2) is 35.5 Å². The van der Waals surface area contributed by atoms with Crippen molar-refractivity contribution in [1.29, 1.82) is 5.26 Å². The Bertz CT molecular complexity index is 929. The molecule has 7 heteroatoms. The van der Waals surface area contributed by atoms with Crippen LogP contribution in [-0.2, 0) is 20.3 Å². The van der Waals surface area contributed by atoms with Crippen molar-refractivity contribution in [3.8, 4) is 6.07 Å². The van der Waals surface area contributed by atoms with E-state index in [1.54, 1.807) is 18.2 Å². The van der Waals surface area contributed by atoms with E-state index >= 15 is 0 Å². The van der Waals surface area contributed by atoms with Crippen LogP contribution in [0.3, 0.4) is 0 Å². The number of nitriles is 1. The molecule has 0 fully saturated rings. The molecule has 6 nitrogen and oxygen atoms in total. The number of hydrogen-bond donors (Lipinski definition) is 0. The molecule has 1 amide bonds. The lowest BCUT2D eigenvalue weighted by atomic mass is 10.1. The first-order chi connectivity index (χ1) is 13.3. The highest BCUT2D eigenvalue weighted by molar-refractivity contribution is 7.84. The Morgan fingerprint density at radius 3 is 2.39 bits per heavy atom. The fourth-order valence-corrected chi connectivity index (χ4v) is 3.57. The number of ether oxygens (including phenoxy) is 1. The molecule has 2 aromatic rings. The molecular formula is C21H22N2O4S. The Labute approximate surface area is 167 Å². The zero-order chi connectivity index (χ0) is 20.7. The summed E-state index contributed by atoms with van der Waals surface area (Å²) in [6, 6.07) is 14.1. The van der Waals surface area contributed by atoms with E-state index in [1.165, 1.54) is 17.2 Å². The molecule has 2 aromatic carbocycles. The fourth-order valence-electron chi connectivity index (χ4n) is 2.83. The van der Waals surface area contributed by atoms with Gasteiger partial charge >= 0.3 is 5.97 Å². The van der Waals surface area contributed by atoms with E-state index in [0.29, 0.717) is 10.6 Å². The van der Waals surface area contributed by atoms with Crippen LogP contribution in [0.4, 0.5) is 5.69 Å². The number of nitrogens with zero attached hydrogens (tertiary/aromatic N) is 2. The van der Waals surface area contributed by atoms with Gasteiger partial charge in [-0.25, -0.2) is 4.79 Å². The average molecular weight is 398 g/mol. The number of hydrogen-bond acceptors (Lipinski definition) is 5. The molecule has 0 heterocycles. The van der Waals surface area contributed by atoms with Gasteiger partial charge in [0.05, 0.1) is 33.7 Å². The van der Waals surface area contributed by atoms with Crippen molar-refractivity contribution in [2.24, 2.45) is 0 Å². The number of amides is 1. The van der Waals surface area contributed by atoms with Crippen molar-refractivity contribution in [2.75, 3.05) is 24.3 Å². The second kappa shape index (κ2) is 9.81. The van der Waals surface area contributed by atoms with Gasteiger partial charge in [-0.3, -0.25) is 9.00 Å². The van der Waals surface area contributed by atoms with Crippen LogP contribution in [0.2, 0.25) is 0 Å². The van der Waals surface area contributed by atoms with Crippen molar-refractivity contribution in [2.45, 2.75) is 25.2 Å². The normalized spacial score (nSPS) is 11.4. The van der Waals surface area contributed by atoms with Gasteiger partial charge in [0.1, 0.15) is 0 Å². The molecule has 1 atom stereocenters. The second-order valence-corrected chi connectivity index (χ2v) is 7.67. The van der Waals surface area contributed by atoms with Gasteiger partial charge in [0, 0.05) is 18.5 Å². The molecule has 0 spiro atoms. The van der Waals surface area contributed by atoms with Crippen LogP contribution in [0.5, 0.6) is 0 Å². The van der Waals surface area contributed by atoms with Gasteiger partial charge in [0.2, 0.25) is 0 Å². The van der Waals surface area contributed by atoms with Crippen LogP contribution < -0.4 is 4.90 Å². The SMILES string of the molecule is Cc1cc(C)cc(N(CCC#N)C(=O)COC(=O)c2ccccc2[S@](C)=O)c1. The van der Waals surface area contributed by atoms with Crippen molar-refractivity contribution in [1.82, 2.24) is 0 Å². The molecule has 0 aromatic heterocycles. The highest BCUT2D eigenvalue weighted by Crippen LogP contribution is 2.20. The van der Waals surface area contributed by atoms with Gasteiger partial charge in [-0.15, -0.1) is 0 Å². The zero-order valence-electron chi connectivity index (χ0n) is 16.1. The van der Waals surface area contributed by atoms with Crippen molar-refractivity contribution in [3.63, 3.8) is 0 Å².